The molecule has 0 atom stereocenters. The van der Waals surface area contributed by atoms with Gasteiger partial charge in [-0.05, 0) is 106 Å². The number of para-hydroxylation sites is 3. The summed E-state index contributed by atoms with van der Waals surface area (Å²) in [5, 5.41) is 12.0. The van der Waals surface area contributed by atoms with Crippen molar-refractivity contribution < 1.29 is 9.67 Å². The molecule has 0 aliphatic rings. The van der Waals surface area contributed by atoms with Gasteiger partial charge >= 0.3 is 0 Å². The first-order valence-electron chi connectivity index (χ1n) is 20.1. The number of aromatic nitrogens is 2. The molecule has 7 rings (SSSR count). The molecule has 6 aromatic carbocycles. The van der Waals surface area contributed by atoms with Gasteiger partial charge in [-0.15, -0.1) is 0 Å². The molecule has 0 radical (unpaired) electrons. The number of phenols is 1. The minimum absolute atomic E-state index is 0.295. The van der Waals surface area contributed by atoms with E-state index in [4.69, 9.17) is 0 Å². The van der Waals surface area contributed by atoms with Crippen LogP contribution in [-0.4, -0.2) is 9.67 Å². The smallest absolute Gasteiger partial charge is 0.295 e. The number of fused-ring (bicyclic) bond motifs is 1. The fourth-order valence-electron chi connectivity index (χ4n) is 8.72. The van der Waals surface area contributed by atoms with Crippen LogP contribution in [0.1, 0.15) is 112 Å². The zero-order valence-corrected chi connectivity index (χ0v) is 34.6. The summed E-state index contributed by atoms with van der Waals surface area (Å²) in [5.41, 5.74) is 19.1. The van der Waals surface area contributed by atoms with Gasteiger partial charge in [0.15, 0.2) is 11.0 Å². The van der Waals surface area contributed by atoms with E-state index in [1.807, 2.05) is 6.07 Å². The number of hydrogen-bond acceptors (Lipinski definition) is 1. The van der Waals surface area contributed by atoms with Crippen LogP contribution in [0.15, 0.2) is 115 Å². The third-order valence-electron chi connectivity index (χ3n) is 11.6. The number of aryl methyl sites for hydroxylation is 2. The summed E-state index contributed by atoms with van der Waals surface area (Å²) in [6, 6.07) is 41.7. The van der Waals surface area contributed by atoms with E-state index in [0.29, 0.717) is 29.4 Å². The van der Waals surface area contributed by atoms with Gasteiger partial charge in [0.2, 0.25) is 0 Å². The van der Waals surface area contributed by atoms with Gasteiger partial charge in [-0.25, -0.2) is 4.57 Å². The number of phenolic OH excluding ortho intramolecular Hbond substituents is 1. The summed E-state index contributed by atoms with van der Waals surface area (Å²) >= 11 is 0. The Morgan fingerprint density at radius 3 is 1.65 bits per heavy atom. The molecule has 0 amide bonds. The topological polar surface area (TPSA) is 29.0 Å². The van der Waals surface area contributed by atoms with Crippen LogP contribution in [0.25, 0.3) is 61.5 Å². The molecule has 0 spiro atoms. The minimum atomic E-state index is 0.295. The van der Waals surface area contributed by atoms with E-state index in [2.05, 4.69) is 195 Å². The maximum atomic E-state index is 12.0. The molecule has 7 aromatic rings. The largest absolute Gasteiger partial charge is 0.507 e. The van der Waals surface area contributed by atoms with Gasteiger partial charge < -0.3 is 5.11 Å². The van der Waals surface area contributed by atoms with Gasteiger partial charge in [0.1, 0.15) is 11.4 Å². The Balaban J connectivity index is 1.44. The monoisotopic (exact) mass is 725 g/mol. The third kappa shape index (κ3) is 6.69. The number of imidazole rings is 1. The molecule has 0 bridgehead atoms. The first-order valence-corrected chi connectivity index (χ1v) is 20.1. The van der Waals surface area contributed by atoms with Gasteiger partial charge in [-0.3, -0.25) is 0 Å². The summed E-state index contributed by atoms with van der Waals surface area (Å²) in [6.45, 7) is 22.7. The molecule has 3 heteroatoms. The molecule has 0 unspecified atom stereocenters. The molecular formula is C52H57N2O+. The standard InChI is InChI=1S/C52H56N2O/c1-31(2)40-20-17-21-41(32(3)4)51(40)54-47-23-16-15-22-46(47)53(11)52(54)49-35(9)24-26-42(36(49)10)43-27-25-38(30-48(43)55)50-44(33(5)6)28-39(29-45(50)34(7)8)37-18-13-12-14-19-37/h12-34H,1-11H3/p+1. The van der Waals surface area contributed by atoms with Crippen LogP contribution in [0, 0.1) is 13.8 Å². The Hall–Kier alpha value is -5.41. The zero-order chi connectivity index (χ0) is 39.3. The Morgan fingerprint density at radius 1 is 0.509 bits per heavy atom. The second-order valence-electron chi connectivity index (χ2n) is 16.7. The second kappa shape index (κ2) is 15.0. The van der Waals surface area contributed by atoms with E-state index in [1.165, 1.54) is 66.8 Å². The lowest BCUT2D eigenvalue weighted by molar-refractivity contribution is -0.633. The highest BCUT2D eigenvalue weighted by Crippen LogP contribution is 2.45. The number of aromatic hydroxyl groups is 1. The Kier molecular flexibility index (Phi) is 10.3. The van der Waals surface area contributed by atoms with E-state index in [9.17, 15) is 5.11 Å². The molecule has 280 valence electrons. The van der Waals surface area contributed by atoms with E-state index < -0.39 is 0 Å². The number of nitrogens with zero attached hydrogens (tertiary/aromatic N) is 2. The van der Waals surface area contributed by atoms with E-state index in [-0.39, 0.29) is 0 Å². The quantitative estimate of drug-likeness (QED) is 0.148. The number of rotatable bonds is 9. The summed E-state index contributed by atoms with van der Waals surface area (Å²) in [6.07, 6.45) is 0. The summed E-state index contributed by atoms with van der Waals surface area (Å²) in [4.78, 5) is 0. The average Bonchev–Trinajstić information content (AvgIpc) is 3.45. The van der Waals surface area contributed by atoms with Gasteiger partial charge in [-0.2, -0.15) is 4.57 Å². The van der Waals surface area contributed by atoms with Crippen LogP contribution in [0.3, 0.4) is 0 Å². The predicted octanol–water partition coefficient (Wildman–Crippen LogP) is 13.9. The molecule has 0 aliphatic heterocycles. The first kappa shape index (κ1) is 37.9. The molecule has 0 saturated carbocycles. The summed E-state index contributed by atoms with van der Waals surface area (Å²) in [5.74, 6) is 2.75. The Bertz CT molecular complexity index is 2480. The molecule has 1 aromatic heterocycles. The fraction of sp³-hybridized carbons (Fsp3) is 0.288. The van der Waals surface area contributed by atoms with E-state index in [1.54, 1.807) is 0 Å². The van der Waals surface area contributed by atoms with E-state index >= 15 is 0 Å². The normalized spacial score (nSPS) is 11.9. The Morgan fingerprint density at radius 2 is 1.07 bits per heavy atom. The molecule has 0 fully saturated rings. The molecule has 55 heavy (non-hydrogen) atoms. The summed E-state index contributed by atoms with van der Waals surface area (Å²) in [7, 11) is 2.20. The molecular weight excluding hydrogens is 669 g/mol. The van der Waals surface area contributed by atoms with Crippen molar-refractivity contribution in [1.82, 2.24) is 4.57 Å². The van der Waals surface area contributed by atoms with Crippen molar-refractivity contribution in [1.29, 1.82) is 0 Å². The van der Waals surface area contributed by atoms with Crippen molar-refractivity contribution in [2.45, 2.75) is 92.9 Å². The van der Waals surface area contributed by atoms with Crippen LogP contribution in [0.5, 0.6) is 5.75 Å². The fourth-order valence-corrected chi connectivity index (χ4v) is 8.72. The first-order chi connectivity index (χ1) is 26.3. The van der Waals surface area contributed by atoms with Crippen molar-refractivity contribution in [2.24, 2.45) is 7.05 Å². The maximum absolute atomic E-state index is 12.0. The van der Waals surface area contributed by atoms with Crippen molar-refractivity contribution in [3.05, 3.63) is 149 Å². The van der Waals surface area contributed by atoms with Crippen molar-refractivity contribution in [3.63, 3.8) is 0 Å². The maximum Gasteiger partial charge on any atom is 0.295 e. The lowest BCUT2D eigenvalue weighted by Gasteiger charge is -2.23. The second-order valence-corrected chi connectivity index (χ2v) is 16.7. The minimum Gasteiger partial charge on any atom is -0.507 e. The SMILES string of the molecule is Cc1ccc(-c2ccc(-c3c(C(C)C)cc(-c4ccccc4)cc3C(C)C)cc2O)c(C)c1-c1n(-c2c(C(C)C)cccc2C(C)C)c2ccccc2[n+]1C. The Labute approximate surface area is 329 Å². The van der Waals surface area contributed by atoms with Gasteiger partial charge in [-0.1, -0.05) is 152 Å². The highest BCUT2D eigenvalue weighted by Gasteiger charge is 2.33. The highest BCUT2D eigenvalue weighted by molar-refractivity contribution is 5.87. The van der Waals surface area contributed by atoms with Crippen LogP contribution in [0.2, 0.25) is 0 Å². The number of benzene rings is 6. The molecule has 1 heterocycles. The van der Waals surface area contributed by atoms with Crippen molar-refractivity contribution in [2.75, 3.05) is 0 Å². The molecule has 0 saturated heterocycles. The predicted molar refractivity (Wildman–Crippen MR) is 234 cm³/mol. The van der Waals surface area contributed by atoms with Crippen molar-refractivity contribution >= 4 is 11.0 Å². The molecule has 1 N–H and O–H groups in total. The van der Waals surface area contributed by atoms with Gasteiger partial charge in [0.25, 0.3) is 5.82 Å². The third-order valence-corrected chi connectivity index (χ3v) is 11.6. The molecule has 3 nitrogen and oxygen atoms in total. The average molecular weight is 726 g/mol. The van der Waals surface area contributed by atoms with E-state index in [0.717, 1.165) is 28.1 Å². The van der Waals surface area contributed by atoms with Crippen LogP contribution in [0.4, 0.5) is 0 Å². The highest BCUT2D eigenvalue weighted by atomic mass is 16.3. The van der Waals surface area contributed by atoms with Crippen LogP contribution >= 0.6 is 0 Å². The number of hydrogen-bond donors (Lipinski definition) is 1. The van der Waals surface area contributed by atoms with Crippen LogP contribution < -0.4 is 4.57 Å². The van der Waals surface area contributed by atoms with Gasteiger partial charge in [0, 0.05) is 16.7 Å². The van der Waals surface area contributed by atoms with Gasteiger partial charge in [0.05, 0.1) is 12.6 Å². The van der Waals surface area contributed by atoms with Crippen molar-refractivity contribution in [3.8, 4) is 56.2 Å². The lowest BCUT2D eigenvalue weighted by Crippen LogP contribution is -2.31. The van der Waals surface area contributed by atoms with Crippen LogP contribution in [-0.2, 0) is 7.05 Å². The molecule has 0 aliphatic carbocycles. The lowest BCUT2D eigenvalue weighted by atomic mass is 9.82. The zero-order valence-electron chi connectivity index (χ0n) is 34.6. The summed E-state index contributed by atoms with van der Waals surface area (Å²) < 4.78 is 4.88.